The number of carbonyl (C=O) groups excluding carboxylic acids is 2. The average Bonchev–Trinajstić information content (AvgIpc) is 2.74. The van der Waals surface area contributed by atoms with Crippen molar-refractivity contribution in [2.45, 2.75) is 98.5 Å². The largest absolute Gasteiger partial charge is 0.489 e. The summed E-state index contributed by atoms with van der Waals surface area (Å²) in [5, 5.41) is 3.38. The number of carbonyl (C=O) groups is 2. The summed E-state index contributed by atoms with van der Waals surface area (Å²) in [5.74, 6) is -0.608. The Morgan fingerprint density at radius 2 is 1.76 bits per heavy atom. The molecule has 1 rings (SSSR count). The number of rotatable bonds is 12. The number of ether oxygens (including phenoxy) is 2. The second-order valence-corrected chi connectivity index (χ2v) is 18.8. The summed E-state index contributed by atoms with van der Waals surface area (Å²) in [4.78, 5) is 37.3. The van der Waals surface area contributed by atoms with Crippen molar-refractivity contribution in [3.05, 3.63) is 35.6 Å². The minimum absolute atomic E-state index is 0.0575. The fourth-order valence-electron chi connectivity index (χ4n) is 3.42. The average molecular weight is 778 g/mol. The van der Waals surface area contributed by atoms with Gasteiger partial charge in [-0.1, -0.05) is 46.2 Å². The predicted octanol–water partition coefficient (Wildman–Crippen LogP) is 7.73. The van der Waals surface area contributed by atoms with Crippen LogP contribution in [0.4, 0.5) is 0 Å². The number of benzene rings is 1. The fraction of sp³-hybridized carbons (Fsp3) is 0.630. The van der Waals surface area contributed by atoms with Gasteiger partial charge in [0, 0.05) is 17.8 Å². The number of halogens is 3. The molecule has 2 N–H and O–H groups in total. The van der Waals surface area contributed by atoms with Crippen molar-refractivity contribution in [2.24, 2.45) is 5.41 Å². The zero-order chi connectivity index (χ0) is 28.9. The number of nitrogens with one attached hydrogen (secondary N) is 1. The van der Waals surface area contributed by atoms with Crippen molar-refractivity contribution in [3.8, 4) is 5.75 Å². The summed E-state index contributed by atoms with van der Waals surface area (Å²) in [5.41, 5.74) is -0.0678. The molecular formula is C27H42ClI2NO5Si. The Bertz CT molecular complexity index is 1010. The predicted molar refractivity (Wildman–Crippen MR) is 171 cm³/mol. The van der Waals surface area contributed by atoms with Crippen molar-refractivity contribution < 1.29 is 23.9 Å². The van der Waals surface area contributed by atoms with Crippen LogP contribution in [0.15, 0.2) is 17.8 Å². The molecule has 0 bridgehead atoms. The molecule has 0 spiro atoms. The van der Waals surface area contributed by atoms with Crippen molar-refractivity contribution in [1.82, 2.24) is 5.32 Å². The molecule has 0 radical (unpaired) electrons. The van der Waals surface area contributed by atoms with E-state index in [1.54, 1.807) is 13.0 Å². The number of esters is 1. The maximum Gasteiger partial charge on any atom is 0.343 e. The van der Waals surface area contributed by atoms with Gasteiger partial charge >= 0.3 is 5.97 Å². The molecule has 0 aromatic heterocycles. The first-order valence-corrected chi connectivity index (χ1v) is 18.0. The van der Waals surface area contributed by atoms with E-state index >= 15 is 0 Å². The highest BCUT2D eigenvalue weighted by atomic mass is 127. The third-order valence-electron chi connectivity index (χ3n) is 6.64. The molecule has 37 heavy (non-hydrogen) atoms. The Balaban J connectivity index is 3.45. The van der Waals surface area contributed by atoms with E-state index < -0.39 is 20.1 Å². The lowest BCUT2D eigenvalue weighted by Crippen LogP contribution is -2.43. The fourth-order valence-corrected chi connectivity index (χ4v) is 6.33. The van der Waals surface area contributed by atoms with Gasteiger partial charge in [-0.25, -0.2) is 4.79 Å². The highest BCUT2D eigenvalue weighted by molar-refractivity contribution is 14.1. The van der Waals surface area contributed by atoms with Gasteiger partial charge in [-0.05, 0) is 108 Å². The van der Waals surface area contributed by atoms with E-state index in [-0.39, 0.29) is 45.4 Å². The molecular weight excluding hydrogens is 736 g/mol. The van der Waals surface area contributed by atoms with Gasteiger partial charge < -0.3 is 19.6 Å². The molecule has 1 atom stereocenters. The summed E-state index contributed by atoms with van der Waals surface area (Å²) in [6.45, 7) is 20.1. The molecule has 1 unspecified atom stereocenters. The van der Waals surface area contributed by atoms with E-state index in [1.807, 2.05) is 26.9 Å². The van der Waals surface area contributed by atoms with Gasteiger partial charge in [0.2, 0.25) is 5.78 Å². The van der Waals surface area contributed by atoms with Crippen LogP contribution in [0.2, 0.25) is 23.2 Å². The second kappa shape index (κ2) is 13.8. The van der Waals surface area contributed by atoms with Crippen LogP contribution in [0.1, 0.15) is 78.6 Å². The smallest absolute Gasteiger partial charge is 0.343 e. The Hall–Kier alpha value is -0.373. The highest BCUT2D eigenvalue weighted by Gasteiger charge is 2.39. The molecule has 0 heterocycles. The topological polar surface area (TPSA) is 84.9 Å². The van der Waals surface area contributed by atoms with Crippen LogP contribution in [-0.2, 0) is 9.53 Å². The van der Waals surface area contributed by atoms with Crippen LogP contribution in [0.3, 0.4) is 0 Å². The molecule has 0 saturated heterocycles. The normalized spacial score (nSPS) is 14.0. The van der Waals surface area contributed by atoms with Crippen molar-refractivity contribution in [3.63, 3.8) is 0 Å². The lowest BCUT2D eigenvalue weighted by Gasteiger charge is -2.38. The van der Waals surface area contributed by atoms with Gasteiger partial charge in [-0.2, -0.15) is 0 Å². The third-order valence-corrected chi connectivity index (χ3v) is 12.7. The first kappa shape index (κ1) is 34.7. The van der Waals surface area contributed by atoms with Gasteiger partial charge in [0.25, 0.3) is 0 Å². The lowest BCUT2D eigenvalue weighted by atomic mass is 9.82. The molecule has 1 aromatic carbocycles. The number of hydrogen-bond acceptors (Lipinski definition) is 6. The van der Waals surface area contributed by atoms with E-state index in [0.29, 0.717) is 9.32 Å². The van der Waals surface area contributed by atoms with Crippen LogP contribution in [-0.4, -0.2) is 43.6 Å². The van der Waals surface area contributed by atoms with Gasteiger partial charge in [-0.3, -0.25) is 4.79 Å². The maximum absolute atomic E-state index is 13.7. The summed E-state index contributed by atoms with van der Waals surface area (Å²) >= 11 is 10.8. The van der Waals surface area contributed by atoms with E-state index in [0.717, 1.165) is 16.4 Å². The van der Waals surface area contributed by atoms with E-state index in [9.17, 15) is 14.4 Å². The minimum atomic E-state index is -2.38. The molecule has 0 saturated carbocycles. The van der Waals surface area contributed by atoms with Crippen LogP contribution < -0.4 is 10.1 Å². The molecule has 0 fully saturated rings. The summed E-state index contributed by atoms with van der Waals surface area (Å²) in [6.07, 6.45) is 2.97. The molecule has 0 amide bonds. The van der Waals surface area contributed by atoms with Crippen molar-refractivity contribution in [1.29, 1.82) is 0 Å². The summed E-state index contributed by atoms with van der Waals surface area (Å²) in [7, 11) is -2.38. The Morgan fingerprint density at radius 1 is 1.19 bits per heavy atom. The molecule has 210 valence electrons. The molecule has 0 aliphatic rings. The highest BCUT2D eigenvalue weighted by Crippen LogP contribution is 2.42. The lowest BCUT2D eigenvalue weighted by molar-refractivity contribution is -0.138. The standard InChI is InChI=1S/C27H42ClI2NO5Si/c1-11-35-25(33)18(15-31-20(26(4,5)6)12-13-27(7,8)37(9,10)34)23(32)17-14-19(29)24(36-16(2)3)22(30)21(17)28/h14-16,20,31,34H,11-13H2,1-10H3. The maximum atomic E-state index is 13.7. The Labute approximate surface area is 256 Å². The number of hydrogen-bond donors (Lipinski definition) is 2. The van der Waals surface area contributed by atoms with Gasteiger partial charge in [0.05, 0.1) is 24.9 Å². The van der Waals surface area contributed by atoms with Crippen LogP contribution in [0.25, 0.3) is 0 Å². The first-order valence-electron chi connectivity index (χ1n) is 12.5. The van der Waals surface area contributed by atoms with Crippen LogP contribution in [0.5, 0.6) is 5.75 Å². The molecule has 0 aliphatic heterocycles. The Kier molecular flexibility index (Phi) is 12.9. The minimum Gasteiger partial charge on any atom is -0.489 e. The Morgan fingerprint density at radius 3 is 2.22 bits per heavy atom. The summed E-state index contributed by atoms with van der Waals surface area (Å²) in [6, 6.07) is 1.59. The van der Waals surface area contributed by atoms with Gasteiger partial charge in [0.15, 0.2) is 8.32 Å². The molecule has 0 aliphatic carbocycles. The van der Waals surface area contributed by atoms with Crippen molar-refractivity contribution in [2.75, 3.05) is 6.61 Å². The van der Waals surface area contributed by atoms with E-state index in [1.165, 1.54) is 6.20 Å². The molecule has 1 aromatic rings. The third kappa shape index (κ3) is 9.65. The van der Waals surface area contributed by atoms with Gasteiger partial charge in [-0.15, -0.1) is 0 Å². The SMILES string of the molecule is CCOC(=O)C(=CNC(CCC(C)(C)[Si](C)(C)O)C(C)(C)C)C(=O)c1cc(I)c(OC(C)C)c(I)c1Cl. The van der Waals surface area contributed by atoms with Crippen LogP contribution >= 0.6 is 56.8 Å². The second-order valence-electron chi connectivity index (χ2n) is 11.7. The zero-order valence-corrected chi connectivity index (χ0v) is 29.7. The zero-order valence-electron chi connectivity index (χ0n) is 23.6. The monoisotopic (exact) mass is 777 g/mol. The number of ketones is 1. The number of Topliss-reactive ketones (excluding diaryl/α,β-unsaturated/α-hetero) is 1. The van der Waals surface area contributed by atoms with E-state index in [4.69, 9.17) is 21.1 Å². The van der Waals surface area contributed by atoms with Crippen molar-refractivity contribution >= 4 is 76.9 Å². The quantitative estimate of drug-likeness (QED) is 0.0331. The van der Waals surface area contributed by atoms with Crippen LogP contribution in [0, 0.1) is 12.6 Å². The molecule has 10 heteroatoms. The van der Waals surface area contributed by atoms with E-state index in [2.05, 4.69) is 85.1 Å². The summed E-state index contributed by atoms with van der Waals surface area (Å²) < 4.78 is 12.5. The van der Waals surface area contributed by atoms with Gasteiger partial charge in [0.1, 0.15) is 11.3 Å². The first-order chi connectivity index (χ1) is 16.7. The molecule has 6 nitrogen and oxygen atoms in total.